The van der Waals surface area contributed by atoms with Gasteiger partial charge in [-0.15, -0.1) is 11.3 Å². The van der Waals surface area contributed by atoms with Crippen LogP contribution in [0.4, 0.5) is 17.1 Å². The Balaban J connectivity index is 1.04. The minimum absolute atomic E-state index is 1.09. The van der Waals surface area contributed by atoms with Crippen LogP contribution < -0.4 is 4.90 Å². The second-order valence-electron chi connectivity index (χ2n) is 14.6. The zero-order chi connectivity index (χ0) is 38.6. The summed E-state index contributed by atoms with van der Waals surface area (Å²) in [5.41, 5.74) is 14.1. The quantitative estimate of drug-likeness (QED) is 0.145. The van der Waals surface area contributed by atoms with Gasteiger partial charge in [0.1, 0.15) is 0 Å². The van der Waals surface area contributed by atoms with Crippen LogP contribution in [0, 0.1) is 3.57 Å². The maximum Gasteiger partial charge on any atom is 0.0542 e. The van der Waals surface area contributed by atoms with Crippen molar-refractivity contribution < 1.29 is 0 Å². The largest absolute Gasteiger partial charge is 0.310 e. The number of rotatable bonds is 7. The third-order valence-electron chi connectivity index (χ3n) is 11.3. The first-order valence-electron chi connectivity index (χ1n) is 19.5. The van der Waals surface area contributed by atoms with Gasteiger partial charge < -0.3 is 9.47 Å². The van der Waals surface area contributed by atoms with Crippen LogP contribution in [0.25, 0.3) is 81.0 Å². The molecular formula is C54H35IN2S. The molecule has 0 aliphatic heterocycles. The van der Waals surface area contributed by atoms with Gasteiger partial charge in [-0.1, -0.05) is 140 Å². The Hall–Kier alpha value is -6.47. The lowest BCUT2D eigenvalue weighted by atomic mass is 9.98. The number of thiophene rings is 1. The first kappa shape index (κ1) is 34.8. The summed E-state index contributed by atoms with van der Waals surface area (Å²) in [6, 6.07) is 77.4. The van der Waals surface area contributed by atoms with E-state index in [4.69, 9.17) is 0 Å². The zero-order valence-electron chi connectivity index (χ0n) is 31.4. The Morgan fingerprint density at radius 2 is 0.966 bits per heavy atom. The standard InChI is InChI=1S/C54H35IN2S/c55-39-29-34-51-47(35-39)45-17-6-10-22-50(45)57(51)49-21-9-5-16-43(49)37-25-30-40(31-26-37)56(48-20-8-4-15-42(48)36-13-2-1-3-14-36)41-32-27-38(28-33-41)44-19-12-24-53-54(44)46-18-7-11-23-52(46)58-53/h1-35H. The second kappa shape index (κ2) is 14.5. The van der Waals surface area contributed by atoms with Crippen molar-refractivity contribution in [3.8, 4) is 39.1 Å². The normalized spacial score (nSPS) is 11.5. The maximum absolute atomic E-state index is 2.42. The van der Waals surface area contributed by atoms with Crippen LogP contribution in [-0.2, 0) is 0 Å². The lowest BCUT2D eigenvalue weighted by Gasteiger charge is -2.28. The van der Waals surface area contributed by atoms with Crippen LogP contribution in [0.2, 0.25) is 0 Å². The number of nitrogens with zero attached hydrogens (tertiary/aromatic N) is 2. The molecule has 11 rings (SSSR count). The number of hydrogen-bond donors (Lipinski definition) is 0. The number of para-hydroxylation sites is 3. The highest BCUT2D eigenvalue weighted by Gasteiger charge is 2.20. The molecule has 0 radical (unpaired) electrons. The van der Waals surface area contributed by atoms with E-state index in [1.54, 1.807) is 0 Å². The summed E-state index contributed by atoms with van der Waals surface area (Å²) in [4.78, 5) is 2.40. The molecule has 58 heavy (non-hydrogen) atoms. The number of benzene rings is 9. The number of hydrogen-bond acceptors (Lipinski definition) is 2. The first-order valence-corrected chi connectivity index (χ1v) is 21.4. The highest BCUT2D eigenvalue weighted by atomic mass is 127. The van der Waals surface area contributed by atoms with Gasteiger partial charge in [-0.25, -0.2) is 0 Å². The molecule has 0 saturated carbocycles. The van der Waals surface area contributed by atoms with Gasteiger partial charge in [-0.05, 0) is 118 Å². The van der Waals surface area contributed by atoms with Crippen molar-refractivity contribution in [3.63, 3.8) is 0 Å². The van der Waals surface area contributed by atoms with Crippen molar-refractivity contribution in [1.29, 1.82) is 0 Å². The molecule has 0 aliphatic rings. The predicted molar refractivity (Wildman–Crippen MR) is 257 cm³/mol. The Morgan fingerprint density at radius 3 is 1.76 bits per heavy atom. The molecular weight excluding hydrogens is 836 g/mol. The third-order valence-corrected chi connectivity index (χ3v) is 13.1. The van der Waals surface area contributed by atoms with E-state index in [0.29, 0.717) is 0 Å². The molecule has 9 aromatic carbocycles. The van der Waals surface area contributed by atoms with E-state index in [1.807, 2.05) is 11.3 Å². The van der Waals surface area contributed by atoms with Crippen molar-refractivity contribution in [3.05, 3.63) is 216 Å². The van der Waals surface area contributed by atoms with E-state index in [2.05, 4.69) is 244 Å². The number of fused-ring (bicyclic) bond motifs is 6. The molecule has 0 unspecified atom stereocenters. The Labute approximate surface area is 355 Å². The fourth-order valence-corrected chi connectivity index (χ4v) is 10.3. The maximum atomic E-state index is 2.42. The van der Waals surface area contributed by atoms with Crippen LogP contribution in [0.5, 0.6) is 0 Å². The minimum atomic E-state index is 1.09. The molecule has 2 aromatic heterocycles. The van der Waals surface area contributed by atoms with Crippen molar-refractivity contribution in [2.45, 2.75) is 0 Å². The molecule has 0 atom stereocenters. The van der Waals surface area contributed by atoms with Gasteiger partial charge >= 0.3 is 0 Å². The summed E-state index contributed by atoms with van der Waals surface area (Å²) < 4.78 is 6.29. The topological polar surface area (TPSA) is 8.17 Å². The Kier molecular flexibility index (Phi) is 8.68. The molecule has 2 nitrogen and oxygen atoms in total. The molecule has 0 N–H and O–H groups in total. The highest BCUT2D eigenvalue weighted by molar-refractivity contribution is 14.1. The number of anilines is 3. The summed E-state index contributed by atoms with van der Waals surface area (Å²) in [5, 5.41) is 5.18. The summed E-state index contributed by atoms with van der Waals surface area (Å²) in [5.74, 6) is 0. The van der Waals surface area contributed by atoms with Gasteiger partial charge in [0, 0.05) is 57.0 Å². The Bertz CT molecular complexity index is 3290. The van der Waals surface area contributed by atoms with E-state index >= 15 is 0 Å². The summed E-state index contributed by atoms with van der Waals surface area (Å²) in [7, 11) is 0. The average Bonchev–Trinajstić information content (AvgIpc) is 3.83. The summed E-state index contributed by atoms with van der Waals surface area (Å²) in [6.07, 6.45) is 0. The molecule has 0 fully saturated rings. The van der Waals surface area contributed by atoms with Gasteiger partial charge in [0.25, 0.3) is 0 Å². The van der Waals surface area contributed by atoms with Crippen LogP contribution >= 0.6 is 33.9 Å². The van der Waals surface area contributed by atoms with E-state index in [-0.39, 0.29) is 0 Å². The SMILES string of the molecule is Ic1ccc2c(c1)c1ccccc1n2-c1ccccc1-c1ccc(N(c2ccc(-c3cccc4sc5ccccc5c34)cc2)c2ccccc2-c2ccccc2)cc1. The van der Waals surface area contributed by atoms with Crippen molar-refractivity contribution in [2.75, 3.05) is 4.90 Å². The molecule has 274 valence electrons. The molecule has 0 amide bonds. The van der Waals surface area contributed by atoms with E-state index in [9.17, 15) is 0 Å². The predicted octanol–water partition coefficient (Wildman–Crippen LogP) is 16.2. The zero-order valence-corrected chi connectivity index (χ0v) is 34.4. The van der Waals surface area contributed by atoms with Crippen molar-refractivity contribution >= 4 is 93.0 Å². The molecule has 4 heteroatoms. The van der Waals surface area contributed by atoms with Crippen LogP contribution in [0.3, 0.4) is 0 Å². The smallest absolute Gasteiger partial charge is 0.0542 e. The van der Waals surface area contributed by atoms with Gasteiger partial charge in [0.05, 0.1) is 22.4 Å². The molecule has 0 bridgehead atoms. The number of halogens is 1. The highest BCUT2D eigenvalue weighted by Crippen LogP contribution is 2.44. The minimum Gasteiger partial charge on any atom is -0.310 e. The van der Waals surface area contributed by atoms with E-state index in [1.165, 1.54) is 78.9 Å². The van der Waals surface area contributed by atoms with Crippen LogP contribution in [0.1, 0.15) is 0 Å². The average molecular weight is 871 g/mol. The van der Waals surface area contributed by atoms with Gasteiger partial charge in [-0.2, -0.15) is 0 Å². The molecule has 0 saturated heterocycles. The fourth-order valence-electron chi connectivity index (χ4n) is 8.67. The second-order valence-corrected chi connectivity index (χ2v) is 16.9. The first-order chi connectivity index (χ1) is 28.7. The van der Waals surface area contributed by atoms with Crippen molar-refractivity contribution in [1.82, 2.24) is 4.57 Å². The summed E-state index contributed by atoms with van der Waals surface area (Å²) >= 11 is 4.28. The fraction of sp³-hybridized carbons (Fsp3) is 0. The van der Waals surface area contributed by atoms with Crippen molar-refractivity contribution in [2.24, 2.45) is 0 Å². The van der Waals surface area contributed by atoms with Gasteiger partial charge in [0.15, 0.2) is 0 Å². The third kappa shape index (κ3) is 5.91. The van der Waals surface area contributed by atoms with Crippen LogP contribution in [-0.4, -0.2) is 4.57 Å². The lowest BCUT2D eigenvalue weighted by molar-refractivity contribution is 1.18. The Morgan fingerprint density at radius 1 is 0.397 bits per heavy atom. The number of aromatic nitrogens is 1. The summed E-state index contributed by atoms with van der Waals surface area (Å²) in [6.45, 7) is 0. The molecule has 0 spiro atoms. The lowest BCUT2D eigenvalue weighted by Crippen LogP contribution is -2.11. The van der Waals surface area contributed by atoms with E-state index in [0.717, 1.165) is 22.7 Å². The van der Waals surface area contributed by atoms with E-state index < -0.39 is 0 Å². The molecule has 2 heterocycles. The van der Waals surface area contributed by atoms with Crippen LogP contribution in [0.15, 0.2) is 212 Å². The monoisotopic (exact) mass is 870 g/mol. The van der Waals surface area contributed by atoms with Gasteiger partial charge in [-0.3, -0.25) is 0 Å². The molecule has 0 aliphatic carbocycles. The van der Waals surface area contributed by atoms with Gasteiger partial charge in [0.2, 0.25) is 0 Å². The molecule has 11 aromatic rings.